The van der Waals surface area contributed by atoms with E-state index < -0.39 is 0 Å². The first-order valence-electron chi connectivity index (χ1n) is 8.67. The second-order valence-electron chi connectivity index (χ2n) is 6.64. The average molecular weight is 310 g/mol. The molecule has 1 N–H and O–H groups in total. The van der Waals surface area contributed by atoms with Crippen molar-refractivity contribution in [2.24, 2.45) is 4.99 Å². The van der Waals surface area contributed by atoms with Crippen molar-refractivity contribution in [3.8, 4) is 0 Å². The molecule has 6 heteroatoms. The van der Waals surface area contributed by atoms with Gasteiger partial charge < -0.3 is 19.7 Å². The fraction of sp³-hybridized carbons (Fsp3) is 0.938. The minimum Gasteiger partial charge on any atom is -0.379 e. The maximum Gasteiger partial charge on any atom is 0.193 e. The van der Waals surface area contributed by atoms with Gasteiger partial charge in [0, 0.05) is 51.9 Å². The summed E-state index contributed by atoms with van der Waals surface area (Å²) in [5.41, 5.74) is 0.213. The first-order chi connectivity index (χ1) is 10.7. The molecule has 126 valence electrons. The van der Waals surface area contributed by atoms with Crippen LogP contribution in [0.15, 0.2) is 4.99 Å². The van der Waals surface area contributed by atoms with Crippen LogP contribution in [0, 0.1) is 0 Å². The van der Waals surface area contributed by atoms with Gasteiger partial charge in [0.2, 0.25) is 0 Å². The molecule has 2 fully saturated rings. The fourth-order valence-electron chi connectivity index (χ4n) is 3.85. The van der Waals surface area contributed by atoms with E-state index in [1.807, 2.05) is 0 Å². The third kappa shape index (κ3) is 3.39. The van der Waals surface area contributed by atoms with Gasteiger partial charge in [-0.2, -0.15) is 0 Å². The Kier molecular flexibility index (Phi) is 5.21. The van der Waals surface area contributed by atoms with Gasteiger partial charge in [-0.1, -0.05) is 0 Å². The number of hydrogen-bond acceptors (Lipinski definition) is 6. The molecule has 1 saturated carbocycles. The van der Waals surface area contributed by atoms with Crippen LogP contribution in [0.2, 0.25) is 0 Å². The van der Waals surface area contributed by atoms with Gasteiger partial charge in [0.05, 0.1) is 19.3 Å². The van der Waals surface area contributed by atoms with Crippen molar-refractivity contribution in [2.75, 3.05) is 59.6 Å². The zero-order chi connectivity index (χ0) is 15.4. The van der Waals surface area contributed by atoms with Crippen molar-refractivity contribution in [1.29, 1.82) is 0 Å². The van der Waals surface area contributed by atoms with E-state index in [0.717, 1.165) is 77.8 Å². The SMILES string of the molecule is CCOC1CC(CNC2=NCCCN2C)(N2CCOCC2)C1. The minimum atomic E-state index is 0.213. The van der Waals surface area contributed by atoms with Crippen LogP contribution in [0.1, 0.15) is 26.2 Å². The largest absolute Gasteiger partial charge is 0.379 e. The van der Waals surface area contributed by atoms with E-state index in [4.69, 9.17) is 9.47 Å². The van der Waals surface area contributed by atoms with E-state index in [2.05, 4.69) is 34.1 Å². The fourth-order valence-corrected chi connectivity index (χ4v) is 3.85. The minimum absolute atomic E-state index is 0.213. The lowest BCUT2D eigenvalue weighted by atomic mass is 9.72. The molecule has 3 aliphatic rings. The van der Waals surface area contributed by atoms with Crippen LogP contribution in [-0.4, -0.2) is 87.0 Å². The molecule has 6 nitrogen and oxygen atoms in total. The Morgan fingerprint density at radius 2 is 2.09 bits per heavy atom. The van der Waals surface area contributed by atoms with Crippen LogP contribution in [-0.2, 0) is 9.47 Å². The van der Waals surface area contributed by atoms with E-state index in [-0.39, 0.29) is 5.54 Å². The third-order valence-corrected chi connectivity index (χ3v) is 5.15. The molecule has 0 amide bonds. The summed E-state index contributed by atoms with van der Waals surface area (Å²) >= 11 is 0. The summed E-state index contributed by atoms with van der Waals surface area (Å²) in [4.78, 5) is 9.46. The molecule has 22 heavy (non-hydrogen) atoms. The second kappa shape index (κ2) is 7.15. The predicted molar refractivity (Wildman–Crippen MR) is 87.3 cm³/mol. The zero-order valence-electron chi connectivity index (χ0n) is 14.0. The molecule has 1 aliphatic carbocycles. The summed E-state index contributed by atoms with van der Waals surface area (Å²) < 4.78 is 11.3. The van der Waals surface area contributed by atoms with E-state index in [1.54, 1.807) is 0 Å². The number of ether oxygens (including phenoxy) is 2. The summed E-state index contributed by atoms with van der Waals surface area (Å²) in [5, 5.41) is 3.61. The summed E-state index contributed by atoms with van der Waals surface area (Å²) in [6.07, 6.45) is 3.80. The van der Waals surface area contributed by atoms with Gasteiger partial charge in [0.15, 0.2) is 5.96 Å². The van der Waals surface area contributed by atoms with Gasteiger partial charge in [0.1, 0.15) is 0 Å². The molecule has 0 aromatic carbocycles. The van der Waals surface area contributed by atoms with Crippen LogP contribution in [0.4, 0.5) is 0 Å². The summed E-state index contributed by atoms with van der Waals surface area (Å²) in [6, 6.07) is 0. The average Bonchev–Trinajstić information content (AvgIpc) is 2.52. The number of guanidine groups is 1. The molecule has 1 saturated heterocycles. The van der Waals surface area contributed by atoms with Gasteiger partial charge in [-0.25, -0.2) is 0 Å². The molecule has 3 rings (SSSR count). The van der Waals surface area contributed by atoms with Gasteiger partial charge in [-0.15, -0.1) is 0 Å². The molecule has 0 unspecified atom stereocenters. The van der Waals surface area contributed by atoms with Crippen molar-refractivity contribution in [3.63, 3.8) is 0 Å². The van der Waals surface area contributed by atoms with Crippen molar-refractivity contribution in [1.82, 2.24) is 15.1 Å². The normalized spacial score (nSPS) is 33.3. The Morgan fingerprint density at radius 3 is 2.77 bits per heavy atom. The molecule has 2 aliphatic heterocycles. The van der Waals surface area contributed by atoms with Gasteiger partial charge >= 0.3 is 0 Å². The summed E-state index contributed by atoms with van der Waals surface area (Å²) in [6.45, 7) is 9.65. The Labute approximate surface area is 133 Å². The summed E-state index contributed by atoms with van der Waals surface area (Å²) in [5.74, 6) is 1.05. The van der Waals surface area contributed by atoms with Crippen LogP contribution in [0.3, 0.4) is 0 Å². The van der Waals surface area contributed by atoms with Crippen molar-refractivity contribution < 1.29 is 9.47 Å². The lowest BCUT2D eigenvalue weighted by Gasteiger charge is -2.55. The predicted octanol–water partition coefficient (Wildman–Crippen LogP) is 0.537. The number of nitrogens with one attached hydrogen (secondary N) is 1. The number of rotatable bonds is 5. The second-order valence-corrected chi connectivity index (χ2v) is 6.64. The third-order valence-electron chi connectivity index (χ3n) is 5.15. The maximum atomic E-state index is 5.81. The maximum absolute atomic E-state index is 5.81. The molecular formula is C16H30N4O2. The highest BCUT2D eigenvalue weighted by Gasteiger charge is 2.49. The first-order valence-corrected chi connectivity index (χ1v) is 8.67. The van der Waals surface area contributed by atoms with Crippen LogP contribution >= 0.6 is 0 Å². The van der Waals surface area contributed by atoms with Crippen molar-refractivity contribution >= 4 is 5.96 Å². The lowest BCUT2D eigenvalue weighted by molar-refractivity contribution is -0.124. The monoisotopic (exact) mass is 310 g/mol. The van der Waals surface area contributed by atoms with Crippen LogP contribution in [0.5, 0.6) is 0 Å². The zero-order valence-corrected chi connectivity index (χ0v) is 14.0. The number of aliphatic imine (C=N–C) groups is 1. The highest BCUT2D eigenvalue weighted by atomic mass is 16.5. The van der Waals surface area contributed by atoms with Gasteiger partial charge in [-0.3, -0.25) is 9.89 Å². The number of nitrogens with zero attached hydrogens (tertiary/aromatic N) is 3. The van der Waals surface area contributed by atoms with Crippen molar-refractivity contribution in [2.45, 2.75) is 37.8 Å². The Morgan fingerprint density at radius 1 is 1.32 bits per heavy atom. The first kappa shape index (κ1) is 16.0. The quantitative estimate of drug-likeness (QED) is 0.803. The molecule has 2 heterocycles. The Bertz CT molecular complexity index is 390. The molecule has 0 bridgehead atoms. The van der Waals surface area contributed by atoms with Gasteiger partial charge in [-0.05, 0) is 26.2 Å². The Balaban J connectivity index is 1.60. The van der Waals surface area contributed by atoms with Crippen LogP contribution in [0.25, 0.3) is 0 Å². The van der Waals surface area contributed by atoms with Crippen LogP contribution < -0.4 is 5.32 Å². The van der Waals surface area contributed by atoms with E-state index in [0.29, 0.717) is 6.10 Å². The molecular weight excluding hydrogens is 280 g/mol. The standard InChI is InChI=1S/C16H30N4O2/c1-3-22-14-11-16(12-14,20-7-9-21-10-8-20)13-18-15-17-5-4-6-19(15)2/h14H,3-13H2,1-2H3,(H,17,18). The molecule has 0 radical (unpaired) electrons. The topological polar surface area (TPSA) is 49.3 Å². The molecule has 0 atom stereocenters. The van der Waals surface area contributed by atoms with E-state index in [9.17, 15) is 0 Å². The number of morpholine rings is 1. The van der Waals surface area contributed by atoms with Crippen molar-refractivity contribution in [3.05, 3.63) is 0 Å². The highest BCUT2D eigenvalue weighted by Crippen LogP contribution is 2.40. The van der Waals surface area contributed by atoms with E-state index in [1.165, 1.54) is 0 Å². The smallest absolute Gasteiger partial charge is 0.193 e. The van der Waals surface area contributed by atoms with E-state index >= 15 is 0 Å². The summed E-state index contributed by atoms with van der Waals surface area (Å²) in [7, 11) is 2.12. The van der Waals surface area contributed by atoms with Gasteiger partial charge in [0.25, 0.3) is 0 Å². The molecule has 0 aromatic heterocycles. The Hall–Kier alpha value is -0.850. The highest BCUT2D eigenvalue weighted by molar-refractivity contribution is 5.80. The molecule has 0 spiro atoms. The molecule has 0 aromatic rings. The lowest BCUT2D eigenvalue weighted by Crippen LogP contribution is -2.67. The number of hydrogen-bond donors (Lipinski definition) is 1.